The first-order chi connectivity index (χ1) is 15.2. The van der Waals surface area contributed by atoms with Crippen molar-refractivity contribution in [3.8, 4) is 5.75 Å². The summed E-state index contributed by atoms with van der Waals surface area (Å²) in [5.41, 5.74) is 6.43. The van der Waals surface area contributed by atoms with Crippen LogP contribution >= 0.6 is 0 Å². The van der Waals surface area contributed by atoms with E-state index in [1.807, 2.05) is 18.2 Å². The normalized spacial score (nSPS) is 12.2. The third kappa shape index (κ3) is 16.9. The van der Waals surface area contributed by atoms with Gasteiger partial charge in [-0.2, -0.15) is 0 Å². The number of hydrogen-bond donors (Lipinski definition) is 1. The molecule has 0 spiro atoms. The maximum absolute atomic E-state index is 5.80. The summed E-state index contributed by atoms with van der Waals surface area (Å²) in [7, 11) is 0. The lowest BCUT2D eigenvalue weighted by Gasteiger charge is -2.10. The summed E-state index contributed by atoms with van der Waals surface area (Å²) in [4.78, 5) is 0. The van der Waals surface area contributed by atoms with Crippen LogP contribution in [0.3, 0.4) is 0 Å². The molecule has 8 heteroatoms. The van der Waals surface area contributed by atoms with Gasteiger partial charge >= 0.3 is 0 Å². The summed E-state index contributed by atoms with van der Waals surface area (Å²) in [5, 5.41) is 0. The molecule has 0 aliphatic rings. The van der Waals surface area contributed by atoms with Crippen LogP contribution in [0.25, 0.3) is 0 Å². The fourth-order valence-corrected chi connectivity index (χ4v) is 2.32. The molecular formula is C23H41NO7. The number of benzene rings is 1. The largest absolute Gasteiger partial charge is 0.489 e. The van der Waals surface area contributed by atoms with E-state index in [2.05, 4.69) is 13.8 Å². The summed E-state index contributed by atoms with van der Waals surface area (Å²) < 4.78 is 38.3. The van der Waals surface area contributed by atoms with Gasteiger partial charge in [0.05, 0.1) is 78.4 Å². The Bertz CT molecular complexity index is 518. The van der Waals surface area contributed by atoms with Gasteiger partial charge in [-0.15, -0.1) is 0 Å². The van der Waals surface area contributed by atoms with Gasteiger partial charge in [0.2, 0.25) is 0 Å². The predicted molar refractivity (Wildman–Crippen MR) is 121 cm³/mol. The highest BCUT2D eigenvalue weighted by Crippen LogP contribution is 2.19. The summed E-state index contributed by atoms with van der Waals surface area (Å²) in [6, 6.07) is 7.40. The minimum absolute atomic E-state index is 0.453. The van der Waals surface area contributed by atoms with Gasteiger partial charge in [0.15, 0.2) is 0 Å². The first-order valence-electron chi connectivity index (χ1n) is 11.2. The van der Waals surface area contributed by atoms with Crippen molar-refractivity contribution in [3.63, 3.8) is 0 Å². The number of hydrogen-bond acceptors (Lipinski definition) is 8. The fourth-order valence-electron chi connectivity index (χ4n) is 2.32. The van der Waals surface area contributed by atoms with Gasteiger partial charge in [0, 0.05) is 6.61 Å². The molecule has 180 valence electrons. The Morgan fingerprint density at radius 1 is 0.645 bits per heavy atom. The van der Waals surface area contributed by atoms with Crippen LogP contribution in [-0.2, 0) is 28.4 Å². The average Bonchev–Trinajstić information content (AvgIpc) is 2.78. The van der Waals surface area contributed by atoms with Gasteiger partial charge < -0.3 is 38.9 Å². The minimum atomic E-state index is 0.453. The van der Waals surface area contributed by atoms with Crippen LogP contribution in [0.5, 0.6) is 5.75 Å². The number of rotatable bonds is 22. The Kier molecular flexibility index (Phi) is 18.2. The van der Waals surface area contributed by atoms with Gasteiger partial charge in [0.1, 0.15) is 12.4 Å². The zero-order valence-corrected chi connectivity index (χ0v) is 19.2. The van der Waals surface area contributed by atoms with Crippen molar-refractivity contribution in [2.75, 3.05) is 91.6 Å². The fraction of sp³-hybridized carbons (Fsp3) is 0.739. The molecule has 1 atom stereocenters. The lowest BCUT2D eigenvalue weighted by Crippen LogP contribution is -2.15. The number of anilines is 1. The Labute approximate surface area is 187 Å². The number of nitrogens with two attached hydrogens (primary N) is 1. The second kappa shape index (κ2) is 20.5. The molecule has 1 unspecified atom stereocenters. The van der Waals surface area contributed by atoms with Crippen LogP contribution in [0.2, 0.25) is 0 Å². The van der Waals surface area contributed by atoms with Gasteiger partial charge in [-0.1, -0.05) is 32.4 Å². The molecule has 0 fully saturated rings. The molecule has 0 aliphatic carbocycles. The van der Waals surface area contributed by atoms with Crippen molar-refractivity contribution in [2.24, 2.45) is 5.92 Å². The molecular weight excluding hydrogens is 402 g/mol. The average molecular weight is 444 g/mol. The topological polar surface area (TPSA) is 90.6 Å². The van der Waals surface area contributed by atoms with E-state index in [0.717, 1.165) is 13.0 Å². The highest BCUT2D eigenvalue weighted by Gasteiger charge is 1.99. The molecule has 0 heterocycles. The smallest absolute Gasteiger partial charge is 0.142 e. The molecule has 1 aromatic carbocycles. The van der Waals surface area contributed by atoms with E-state index in [4.69, 9.17) is 38.9 Å². The molecule has 0 saturated heterocycles. The van der Waals surface area contributed by atoms with Crippen molar-refractivity contribution in [2.45, 2.75) is 20.3 Å². The summed E-state index contributed by atoms with van der Waals surface area (Å²) in [5.74, 6) is 1.28. The molecule has 0 amide bonds. The Morgan fingerprint density at radius 3 is 1.52 bits per heavy atom. The van der Waals surface area contributed by atoms with E-state index in [1.165, 1.54) is 0 Å². The standard InChI is InChI=1S/C23H41NO7/c1-3-21(2)20-30-17-16-28-13-12-26-9-8-25-10-11-27-14-15-29-18-19-31-23-7-5-4-6-22(23)24/h4-7,21H,3,8-20,24H2,1-2H3. The molecule has 0 aromatic heterocycles. The van der Waals surface area contributed by atoms with E-state index in [0.29, 0.717) is 96.6 Å². The number of ether oxygens (including phenoxy) is 7. The Morgan fingerprint density at radius 2 is 1.06 bits per heavy atom. The molecule has 1 rings (SSSR count). The van der Waals surface area contributed by atoms with Gasteiger partial charge in [-0.25, -0.2) is 0 Å². The number of nitrogen functional groups attached to an aromatic ring is 1. The van der Waals surface area contributed by atoms with Crippen molar-refractivity contribution < 1.29 is 33.2 Å². The van der Waals surface area contributed by atoms with E-state index >= 15 is 0 Å². The van der Waals surface area contributed by atoms with Crippen LogP contribution in [-0.4, -0.2) is 85.9 Å². The first kappa shape index (κ1) is 27.6. The summed E-state index contributed by atoms with van der Waals surface area (Å²) in [6.45, 7) is 11.6. The van der Waals surface area contributed by atoms with Crippen LogP contribution < -0.4 is 10.5 Å². The van der Waals surface area contributed by atoms with Crippen molar-refractivity contribution in [1.82, 2.24) is 0 Å². The van der Waals surface area contributed by atoms with Gasteiger partial charge in [-0.05, 0) is 18.1 Å². The summed E-state index contributed by atoms with van der Waals surface area (Å²) >= 11 is 0. The van der Waals surface area contributed by atoms with Crippen LogP contribution in [0, 0.1) is 5.92 Å². The van der Waals surface area contributed by atoms with Crippen LogP contribution in [0.4, 0.5) is 5.69 Å². The zero-order chi connectivity index (χ0) is 22.4. The minimum Gasteiger partial charge on any atom is -0.489 e. The van der Waals surface area contributed by atoms with Gasteiger partial charge in [-0.3, -0.25) is 0 Å². The SMILES string of the molecule is CCC(C)COCCOCCOCCOCCOCCOCCOc1ccccc1N. The molecule has 0 saturated carbocycles. The number of para-hydroxylation sites is 2. The van der Waals surface area contributed by atoms with Crippen LogP contribution in [0.15, 0.2) is 24.3 Å². The predicted octanol–water partition coefficient (Wildman–Crippen LogP) is 2.79. The van der Waals surface area contributed by atoms with Crippen molar-refractivity contribution in [1.29, 1.82) is 0 Å². The maximum Gasteiger partial charge on any atom is 0.142 e. The Hall–Kier alpha value is -1.42. The molecule has 0 radical (unpaired) electrons. The highest BCUT2D eigenvalue weighted by molar-refractivity contribution is 5.51. The lowest BCUT2D eigenvalue weighted by atomic mass is 10.1. The molecule has 8 nitrogen and oxygen atoms in total. The van der Waals surface area contributed by atoms with E-state index in [1.54, 1.807) is 6.07 Å². The van der Waals surface area contributed by atoms with Crippen molar-refractivity contribution >= 4 is 5.69 Å². The zero-order valence-electron chi connectivity index (χ0n) is 19.2. The molecule has 31 heavy (non-hydrogen) atoms. The quantitative estimate of drug-likeness (QED) is 0.216. The Balaban J connectivity index is 1.70. The van der Waals surface area contributed by atoms with Crippen molar-refractivity contribution in [3.05, 3.63) is 24.3 Å². The molecule has 1 aromatic rings. The second-order valence-electron chi connectivity index (χ2n) is 7.04. The van der Waals surface area contributed by atoms with Gasteiger partial charge in [0.25, 0.3) is 0 Å². The highest BCUT2D eigenvalue weighted by atomic mass is 16.6. The second-order valence-corrected chi connectivity index (χ2v) is 7.04. The molecule has 0 bridgehead atoms. The maximum atomic E-state index is 5.80. The molecule has 2 N–H and O–H groups in total. The van der Waals surface area contributed by atoms with E-state index in [-0.39, 0.29) is 0 Å². The van der Waals surface area contributed by atoms with Crippen LogP contribution in [0.1, 0.15) is 20.3 Å². The summed E-state index contributed by atoms with van der Waals surface area (Å²) in [6.07, 6.45) is 1.14. The third-order valence-electron chi connectivity index (χ3n) is 4.36. The lowest BCUT2D eigenvalue weighted by molar-refractivity contribution is -0.0191. The molecule has 0 aliphatic heterocycles. The first-order valence-corrected chi connectivity index (χ1v) is 11.2. The van der Waals surface area contributed by atoms with E-state index < -0.39 is 0 Å². The van der Waals surface area contributed by atoms with E-state index in [9.17, 15) is 0 Å². The third-order valence-corrected chi connectivity index (χ3v) is 4.36. The monoisotopic (exact) mass is 443 g/mol.